The molecule has 3 rings (SSSR count). The zero-order valence-corrected chi connectivity index (χ0v) is 21.5. The second-order valence-electron chi connectivity index (χ2n) is 10.6. The number of piperidine rings is 1. The maximum atomic E-state index is 12.4. The van der Waals surface area contributed by atoms with Crippen molar-refractivity contribution in [3.05, 3.63) is 48.3 Å². The number of pyridine rings is 1. The second kappa shape index (κ2) is 10.5. The molecule has 2 heterocycles. The summed E-state index contributed by atoms with van der Waals surface area (Å²) in [6, 6.07) is 8.95. The van der Waals surface area contributed by atoms with Crippen molar-refractivity contribution in [1.82, 2.24) is 10.7 Å². The Balaban J connectivity index is 1.54. The molecule has 35 heavy (non-hydrogen) atoms. The minimum atomic E-state index is -0.928. The van der Waals surface area contributed by atoms with E-state index in [0.29, 0.717) is 30.8 Å². The Kier molecular flexibility index (Phi) is 7.90. The van der Waals surface area contributed by atoms with Crippen LogP contribution in [0.1, 0.15) is 46.1 Å². The number of aryl methyl sites for hydroxylation is 1. The highest BCUT2D eigenvalue weighted by Crippen LogP contribution is 2.31. The summed E-state index contributed by atoms with van der Waals surface area (Å²) in [7, 11) is 1.88. The molecular weight excluding hydrogens is 446 g/mol. The number of hydrogen-bond acceptors (Lipinski definition) is 7. The number of esters is 1. The van der Waals surface area contributed by atoms with Crippen LogP contribution in [0.25, 0.3) is 0 Å². The van der Waals surface area contributed by atoms with E-state index in [9.17, 15) is 14.7 Å². The molecule has 0 atom stereocenters. The second-order valence-corrected chi connectivity index (χ2v) is 10.6. The number of hydrazine groups is 1. The molecule has 1 aromatic heterocycles. The molecule has 1 aliphatic rings. The van der Waals surface area contributed by atoms with Gasteiger partial charge in [0.1, 0.15) is 11.9 Å². The van der Waals surface area contributed by atoms with Gasteiger partial charge in [-0.05, 0) is 58.4 Å². The Labute approximate surface area is 207 Å². The van der Waals surface area contributed by atoms with Crippen molar-refractivity contribution < 1.29 is 24.0 Å². The SMILES string of the molecule is Cc1cc[n+](CCN(C)c2cc(NNC(=O)C(=O)OC3CC(C)(C)NC(C)(C)C3)ccc2O)cc1. The fourth-order valence-corrected chi connectivity index (χ4v) is 4.67. The molecule has 9 nitrogen and oxygen atoms in total. The average Bonchev–Trinajstić information content (AvgIpc) is 2.75. The molecule has 1 amide bonds. The van der Waals surface area contributed by atoms with E-state index in [1.54, 1.807) is 12.1 Å². The van der Waals surface area contributed by atoms with E-state index in [-0.39, 0.29) is 22.9 Å². The number of aromatic nitrogens is 1. The number of nitrogens with one attached hydrogen (secondary N) is 3. The van der Waals surface area contributed by atoms with Gasteiger partial charge in [-0.25, -0.2) is 9.36 Å². The van der Waals surface area contributed by atoms with Crippen LogP contribution in [-0.2, 0) is 20.9 Å². The molecule has 190 valence electrons. The number of rotatable bonds is 7. The Morgan fingerprint density at radius 2 is 1.77 bits per heavy atom. The molecule has 2 aromatic rings. The van der Waals surface area contributed by atoms with Crippen molar-refractivity contribution in [3.8, 4) is 5.75 Å². The molecule has 0 spiro atoms. The fraction of sp³-hybridized carbons (Fsp3) is 0.500. The number of carbonyl (C=O) groups is 2. The minimum Gasteiger partial charge on any atom is -0.506 e. The smallest absolute Gasteiger partial charge is 0.398 e. The summed E-state index contributed by atoms with van der Waals surface area (Å²) < 4.78 is 7.56. The topological polar surface area (TPSA) is 107 Å². The molecule has 0 bridgehead atoms. The standard InChI is InChI=1S/C26H37N5O4/c1-18-9-11-31(12-10-18)14-13-30(6)21-15-19(7-8-22(21)32)27-28-23(33)24(34)35-20-16-25(2,3)29-26(4,5)17-20/h7-12,15,20,29H,13-14,16-17H2,1-6H3,(H2-,27,28,32,33,34)/p+1. The molecule has 0 radical (unpaired) electrons. The molecule has 4 N–H and O–H groups in total. The first-order valence-electron chi connectivity index (χ1n) is 11.9. The van der Waals surface area contributed by atoms with E-state index in [1.807, 2.05) is 43.4 Å². The van der Waals surface area contributed by atoms with Crippen molar-refractivity contribution in [2.45, 2.75) is 71.2 Å². The lowest BCUT2D eigenvalue weighted by Crippen LogP contribution is -2.60. The summed E-state index contributed by atoms with van der Waals surface area (Å²) in [5.74, 6) is -1.69. The lowest BCUT2D eigenvalue weighted by molar-refractivity contribution is -0.694. The van der Waals surface area contributed by atoms with Crippen LogP contribution >= 0.6 is 0 Å². The maximum Gasteiger partial charge on any atom is 0.398 e. The molecule has 9 heteroatoms. The van der Waals surface area contributed by atoms with Crippen LogP contribution in [0.15, 0.2) is 42.7 Å². The zero-order valence-electron chi connectivity index (χ0n) is 21.5. The number of ether oxygens (including phenoxy) is 1. The van der Waals surface area contributed by atoms with Crippen molar-refractivity contribution in [3.63, 3.8) is 0 Å². The molecule has 1 aromatic carbocycles. The Bertz CT molecular complexity index is 1040. The number of phenolic OH excluding ortho intramolecular Hbond substituents is 1. The van der Waals surface area contributed by atoms with Crippen LogP contribution < -0.4 is 25.6 Å². The third-order valence-electron chi connectivity index (χ3n) is 6.07. The molecule has 0 saturated carbocycles. The van der Waals surface area contributed by atoms with Gasteiger partial charge in [0.15, 0.2) is 18.9 Å². The van der Waals surface area contributed by atoms with Gasteiger partial charge in [0.05, 0.1) is 17.9 Å². The van der Waals surface area contributed by atoms with Gasteiger partial charge in [-0.15, -0.1) is 0 Å². The van der Waals surface area contributed by atoms with Gasteiger partial charge in [0.2, 0.25) is 0 Å². The summed E-state index contributed by atoms with van der Waals surface area (Å²) in [4.78, 5) is 26.7. The number of carbonyl (C=O) groups excluding carboxylic acids is 2. The summed E-state index contributed by atoms with van der Waals surface area (Å²) in [6.45, 7) is 11.6. The number of likely N-dealkylation sites (N-methyl/N-ethyl adjacent to an activating group) is 1. The van der Waals surface area contributed by atoms with Crippen LogP contribution in [0.4, 0.5) is 11.4 Å². The number of nitrogens with zero attached hydrogens (tertiary/aromatic N) is 2. The molecule has 1 fully saturated rings. The quantitative estimate of drug-likeness (QED) is 0.157. The van der Waals surface area contributed by atoms with Gasteiger partial charge >= 0.3 is 11.9 Å². The summed E-state index contributed by atoms with van der Waals surface area (Å²) in [5.41, 5.74) is 7.05. The predicted molar refractivity (Wildman–Crippen MR) is 135 cm³/mol. The van der Waals surface area contributed by atoms with E-state index in [1.165, 1.54) is 11.6 Å². The first-order chi connectivity index (χ1) is 16.3. The van der Waals surface area contributed by atoms with Gasteiger partial charge < -0.3 is 20.1 Å². The minimum absolute atomic E-state index is 0.119. The van der Waals surface area contributed by atoms with Gasteiger partial charge in [-0.1, -0.05) is 0 Å². The van der Waals surface area contributed by atoms with Gasteiger partial charge in [0.25, 0.3) is 0 Å². The van der Waals surface area contributed by atoms with Crippen LogP contribution in [0.2, 0.25) is 0 Å². The highest BCUT2D eigenvalue weighted by atomic mass is 16.5. The van der Waals surface area contributed by atoms with Crippen molar-refractivity contribution in [2.75, 3.05) is 23.9 Å². The maximum absolute atomic E-state index is 12.4. The predicted octanol–water partition coefficient (Wildman–Crippen LogP) is 2.42. The van der Waals surface area contributed by atoms with Crippen LogP contribution in [0.5, 0.6) is 5.75 Å². The van der Waals surface area contributed by atoms with Crippen molar-refractivity contribution >= 4 is 23.3 Å². The van der Waals surface area contributed by atoms with Crippen LogP contribution in [0.3, 0.4) is 0 Å². The highest BCUT2D eigenvalue weighted by Gasteiger charge is 2.40. The third-order valence-corrected chi connectivity index (χ3v) is 6.07. The molecule has 0 unspecified atom stereocenters. The van der Waals surface area contributed by atoms with E-state index < -0.39 is 11.9 Å². The first-order valence-corrected chi connectivity index (χ1v) is 11.9. The largest absolute Gasteiger partial charge is 0.506 e. The number of benzene rings is 1. The number of aromatic hydroxyl groups is 1. The van der Waals surface area contributed by atoms with E-state index in [2.05, 4.69) is 48.4 Å². The summed E-state index contributed by atoms with van der Waals surface area (Å²) in [5, 5.41) is 13.8. The lowest BCUT2D eigenvalue weighted by atomic mass is 9.81. The van der Waals surface area contributed by atoms with E-state index >= 15 is 0 Å². The number of amides is 1. The van der Waals surface area contributed by atoms with Crippen molar-refractivity contribution in [1.29, 1.82) is 0 Å². The summed E-state index contributed by atoms with van der Waals surface area (Å²) in [6.07, 6.45) is 4.93. The molecule has 0 aliphatic carbocycles. The average molecular weight is 485 g/mol. The van der Waals surface area contributed by atoms with E-state index in [0.717, 1.165) is 6.54 Å². The summed E-state index contributed by atoms with van der Waals surface area (Å²) >= 11 is 0. The fourth-order valence-electron chi connectivity index (χ4n) is 4.67. The molecular formula is C26H38N5O4+. The number of hydrogen-bond donors (Lipinski definition) is 4. The Hall–Kier alpha value is -3.33. The Morgan fingerprint density at radius 3 is 2.40 bits per heavy atom. The zero-order chi connectivity index (χ0) is 25.8. The number of anilines is 2. The van der Waals surface area contributed by atoms with Gasteiger partial charge in [-0.3, -0.25) is 15.6 Å². The van der Waals surface area contributed by atoms with E-state index in [4.69, 9.17) is 4.74 Å². The molecule has 1 saturated heterocycles. The lowest BCUT2D eigenvalue weighted by Gasteiger charge is -2.45. The normalized spacial score (nSPS) is 16.9. The Morgan fingerprint density at radius 1 is 1.14 bits per heavy atom. The highest BCUT2D eigenvalue weighted by molar-refractivity contribution is 6.32. The van der Waals surface area contributed by atoms with Crippen molar-refractivity contribution in [2.24, 2.45) is 0 Å². The molecule has 1 aliphatic heterocycles. The monoisotopic (exact) mass is 484 g/mol. The van der Waals surface area contributed by atoms with Gasteiger partial charge in [0, 0.05) is 43.1 Å². The number of phenols is 1. The third kappa shape index (κ3) is 7.58. The van der Waals surface area contributed by atoms with Crippen LogP contribution in [0, 0.1) is 6.92 Å². The first kappa shape index (κ1) is 26.3. The van der Waals surface area contributed by atoms with Crippen LogP contribution in [-0.4, -0.2) is 47.8 Å². The van der Waals surface area contributed by atoms with Gasteiger partial charge in [-0.2, -0.15) is 0 Å².